The van der Waals surface area contributed by atoms with Gasteiger partial charge in [0.25, 0.3) is 10.7 Å². The van der Waals surface area contributed by atoms with E-state index in [9.17, 15) is 4.79 Å². The molecule has 0 unspecified atom stereocenters. The Labute approximate surface area is 149 Å². The number of aromatic nitrogens is 3. The summed E-state index contributed by atoms with van der Waals surface area (Å²) in [7, 11) is 0. The first-order chi connectivity index (χ1) is 12.1. The number of hydrogen-bond donors (Lipinski definition) is 1. The maximum atomic E-state index is 12.0. The van der Waals surface area contributed by atoms with E-state index in [0.717, 1.165) is 5.56 Å². The molecule has 0 fully saturated rings. The molecule has 1 N–H and O–H groups in total. The predicted molar refractivity (Wildman–Crippen MR) is 93.7 cm³/mol. The van der Waals surface area contributed by atoms with Crippen molar-refractivity contribution in [3.63, 3.8) is 0 Å². The van der Waals surface area contributed by atoms with Crippen molar-refractivity contribution in [2.45, 2.75) is 20.1 Å². The van der Waals surface area contributed by atoms with Crippen LogP contribution >= 0.6 is 12.2 Å². The molecule has 1 aromatic carbocycles. The lowest BCUT2D eigenvalue weighted by Gasteiger charge is -2.03. The van der Waals surface area contributed by atoms with Crippen LogP contribution in [0, 0.1) is 11.8 Å². The molecule has 0 radical (unpaired) electrons. The van der Waals surface area contributed by atoms with Crippen molar-refractivity contribution in [2.75, 3.05) is 5.32 Å². The number of amides is 1. The number of anilines is 1. The van der Waals surface area contributed by atoms with E-state index in [2.05, 4.69) is 15.4 Å². The molecule has 0 aliphatic rings. The Kier molecular flexibility index (Phi) is 5.20. The lowest BCUT2D eigenvalue weighted by molar-refractivity contribution is -0.117. The SMILES string of the molecule is Cc1ccc(OCc2nn(CC(=O)Nc3ccccn3)c(=S)o2)cc1. The fraction of sp³-hybridized carbons (Fsp3) is 0.176. The molecule has 0 aliphatic heterocycles. The summed E-state index contributed by atoms with van der Waals surface area (Å²) in [6.45, 7) is 2.06. The smallest absolute Gasteiger partial charge is 0.287 e. The predicted octanol–water partition coefficient (Wildman–Crippen LogP) is 3.13. The lowest BCUT2D eigenvalue weighted by atomic mass is 10.2. The molecule has 2 heterocycles. The number of ether oxygens (including phenoxy) is 1. The summed E-state index contributed by atoms with van der Waals surface area (Å²) in [4.78, 5) is 16.2. The average Bonchev–Trinajstić information content (AvgIpc) is 2.95. The summed E-state index contributed by atoms with van der Waals surface area (Å²) in [6.07, 6.45) is 1.60. The monoisotopic (exact) mass is 356 g/mol. The van der Waals surface area contributed by atoms with Gasteiger partial charge in [-0.25, -0.2) is 9.67 Å². The molecule has 25 heavy (non-hydrogen) atoms. The molecule has 3 aromatic rings. The third-order valence-corrected chi connectivity index (χ3v) is 3.55. The first kappa shape index (κ1) is 16.8. The largest absolute Gasteiger partial charge is 0.484 e. The highest BCUT2D eigenvalue weighted by Crippen LogP contribution is 2.13. The van der Waals surface area contributed by atoms with Gasteiger partial charge in [0.2, 0.25) is 5.91 Å². The second kappa shape index (κ2) is 7.71. The Morgan fingerprint density at radius 2 is 2.08 bits per heavy atom. The van der Waals surface area contributed by atoms with Gasteiger partial charge in [0.05, 0.1) is 0 Å². The van der Waals surface area contributed by atoms with E-state index in [1.54, 1.807) is 24.4 Å². The summed E-state index contributed by atoms with van der Waals surface area (Å²) in [5.74, 6) is 1.17. The highest BCUT2D eigenvalue weighted by molar-refractivity contribution is 7.71. The number of nitrogens with zero attached hydrogens (tertiary/aromatic N) is 3. The van der Waals surface area contributed by atoms with Gasteiger partial charge in [-0.1, -0.05) is 23.8 Å². The summed E-state index contributed by atoms with van der Waals surface area (Å²) >= 11 is 5.09. The number of nitrogens with one attached hydrogen (secondary N) is 1. The molecule has 0 aliphatic carbocycles. The second-order valence-electron chi connectivity index (χ2n) is 5.28. The van der Waals surface area contributed by atoms with E-state index in [1.165, 1.54) is 4.68 Å². The number of carbonyl (C=O) groups excluding carboxylic acids is 1. The van der Waals surface area contributed by atoms with Gasteiger partial charge in [0.15, 0.2) is 6.61 Å². The van der Waals surface area contributed by atoms with Gasteiger partial charge in [0.1, 0.15) is 18.1 Å². The molecule has 128 valence electrons. The zero-order valence-electron chi connectivity index (χ0n) is 13.5. The van der Waals surface area contributed by atoms with Crippen LogP contribution in [0.2, 0.25) is 0 Å². The van der Waals surface area contributed by atoms with Gasteiger partial charge >= 0.3 is 0 Å². The zero-order chi connectivity index (χ0) is 17.6. The first-order valence-corrected chi connectivity index (χ1v) is 7.98. The van der Waals surface area contributed by atoms with Crippen LogP contribution in [0.5, 0.6) is 5.75 Å². The second-order valence-corrected chi connectivity index (χ2v) is 5.63. The molecule has 1 amide bonds. The molecule has 8 heteroatoms. The molecular weight excluding hydrogens is 340 g/mol. The van der Waals surface area contributed by atoms with E-state index in [1.807, 2.05) is 31.2 Å². The van der Waals surface area contributed by atoms with Crippen LogP contribution < -0.4 is 10.1 Å². The van der Waals surface area contributed by atoms with E-state index < -0.39 is 0 Å². The zero-order valence-corrected chi connectivity index (χ0v) is 14.3. The van der Waals surface area contributed by atoms with Crippen molar-refractivity contribution >= 4 is 23.9 Å². The van der Waals surface area contributed by atoms with Gasteiger partial charge < -0.3 is 14.5 Å². The topological polar surface area (TPSA) is 82.2 Å². The first-order valence-electron chi connectivity index (χ1n) is 7.57. The number of pyridine rings is 1. The van der Waals surface area contributed by atoms with Crippen LogP contribution in [0.3, 0.4) is 0 Å². The van der Waals surface area contributed by atoms with Crippen molar-refractivity contribution in [2.24, 2.45) is 0 Å². The molecule has 0 spiro atoms. The molecule has 7 nitrogen and oxygen atoms in total. The minimum Gasteiger partial charge on any atom is -0.484 e. The Morgan fingerprint density at radius 3 is 2.80 bits per heavy atom. The minimum atomic E-state index is -0.297. The Morgan fingerprint density at radius 1 is 1.28 bits per heavy atom. The van der Waals surface area contributed by atoms with Crippen LogP contribution in [0.1, 0.15) is 11.5 Å². The third kappa shape index (κ3) is 4.74. The van der Waals surface area contributed by atoms with Crippen molar-refractivity contribution in [3.05, 3.63) is 65.0 Å². The lowest BCUT2D eigenvalue weighted by Crippen LogP contribution is -2.20. The van der Waals surface area contributed by atoms with Gasteiger partial charge in [-0.05, 0) is 43.4 Å². The molecule has 0 bridgehead atoms. The van der Waals surface area contributed by atoms with Gasteiger partial charge in [-0.3, -0.25) is 4.79 Å². The van der Waals surface area contributed by atoms with E-state index in [0.29, 0.717) is 17.5 Å². The molecule has 0 saturated heterocycles. The molecule has 0 saturated carbocycles. The molecule has 2 aromatic heterocycles. The fourth-order valence-electron chi connectivity index (χ4n) is 2.04. The Hall–Kier alpha value is -3.00. The third-order valence-electron chi connectivity index (χ3n) is 3.26. The van der Waals surface area contributed by atoms with E-state index >= 15 is 0 Å². The standard InChI is InChI=1S/C17H16N4O3S/c1-12-5-7-13(8-6-12)23-11-16-20-21(17(25)24-16)10-15(22)19-14-4-2-3-9-18-14/h2-9H,10-11H2,1H3,(H,18,19,22). The van der Waals surface area contributed by atoms with Crippen molar-refractivity contribution < 1.29 is 13.9 Å². The number of hydrogen-bond acceptors (Lipinski definition) is 6. The average molecular weight is 356 g/mol. The summed E-state index contributed by atoms with van der Waals surface area (Å²) in [5.41, 5.74) is 1.15. The number of aryl methyl sites for hydroxylation is 1. The molecule has 0 atom stereocenters. The molecular formula is C17H16N4O3S. The van der Waals surface area contributed by atoms with Crippen molar-refractivity contribution in [1.82, 2.24) is 14.8 Å². The van der Waals surface area contributed by atoms with Crippen LogP contribution in [-0.2, 0) is 17.9 Å². The van der Waals surface area contributed by atoms with Crippen LogP contribution in [0.4, 0.5) is 5.82 Å². The number of benzene rings is 1. The summed E-state index contributed by atoms with van der Waals surface area (Å²) in [5, 5.41) is 6.82. The van der Waals surface area contributed by atoms with E-state index in [4.69, 9.17) is 21.4 Å². The summed E-state index contributed by atoms with van der Waals surface area (Å²) in [6, 6.07) is 12.9. The normalized spacial score (nSPS) is 10.4. The van der Waals surface area contributed by atoms with Gasteiger partial charge in [0, 0.05) is 6.20 Å². The summed E-state index contributed by atoms with van der Waals surface area (Å²) < 4.78 is 12.3. The highest BCUT2D eigenvalue weighted by atomic mass is 32.1. The van der Waals surface area contributed by atoms with E-state index in [-0.39, 0.29) is 23.9 Å². The highest BCUT2D eigenvalue weighted by Gasteiger charge is 2.11. The van der Waals surface area contributed by atoms with Gasteiger partial charge in [-0.15, -0.1) is 5.10 Å². The van der Waals surface area contributed by atoms with Crippen LogP contribution in [0.25, 0.3) is 0 Å². The quantitative estimate of drug-likeness (QED) is 0.683. The van der Waals surface area contributed by atoms with Crippen molar-refractivity contribution in [1.29, 1.82) is 0 Å². The van der Waals surface area contributed by atoms with Gasteiger partial charge in [-0.2, -0.15) is 0 Å². The Bertz CT molecular complexity index is 904. The maximum absolute atomic E-state index is 12.0. The maximum Gasteiger partial charge on any atom is 0.287 e. The molecule has 3 rings (SSSR count). The fourth-order valence-corrected chi connectivity index (χ4v) is 2.24. The van der Waals surface area contributed by atoms with Crippen molar-refractivity contribution in [3.8, 4) is 5.75 Å². The minimum absolute atomic E-state index is 0.0660. The Balaban J connectivity index is 1.59. The number of rotatable bonds is 6. The van der Waals surface area contributed by atoms with Crippen LogP contribution in [-0.4, -0.2) is 20.7 Å². The number of carbonyl (C=O) groups is 1. The van der Waals surface area contributed by atoms with Crippen LogP contribution in [0.15, 0.2) is 53.1 Å².